The molecule has 0 N–H and O–H groups in total. The molecule has 0 aromatic rings. The Morgan fingerprint density at radius 1 is 1.30 bits per heavy atom. The molecule has 1 spiro atoms. The Morgan fingerprint density at radius 2 is 2.04 bits per heavy atom. The highest BCUT2D eigenvalue weighted by Gasteiger charge is 2.56. The molecule has 130 valence electrons. The highest BCUT2D eigenvalue weighted by atomic mass is 32.2. The van der Waals surface area contributed by atoms with E-state index in [2.05, 4.69) is 0 Å². The van der Waals surface area contributed by atoms with E-state index in [0.717, 1.165) is 51.3 Å². The van der Waals surface area contributed by atoms with Crippen molar-refractivity contribution in [3.05, 3.63) is 0 Å². The lowest BCUT2D eigenvalue weighted by Gasteiger charge is -2.50. The first-order valence-electron chi connectivity index (χ1n) is 8.90. The number of likely N-dealkylation sites (tertiary alicyclic amines) is 1. The van der Waals surface area contributed by atoms with Crippen molar-refractivity contribution in [3.8, 4) is 0 Å². The fourth-order valence-electron chi connectivity index (χ4n) is 4.09. The maximum Gasteiger partial charge on any atom is 0.260 e. The topological polar surface area (TPSA) is 38.8 Å². The molecule has 1 aliphatic carbocycles. The van der Waals surface area contributed by atoms with Crippen LogP contribution in [0.15, 0.2) is 0 Å². The quantitative estimate of drug-likeness (QED) is 0.786. The summed E-state index contributed by atoms with van der Waals surface area (Å²) in [5.74, 6) is 1.38. The van der Waals surface area contributed by atoms with Crippen LogP contribution in [-0.4, -0.2) is 66.0 Å². The van der Waals surface area contributed by atoms with Crippen LogP contribution in [0.1, 0.15) is 38.5 Å². The van der Waals surface area contributed by atoms with Gasteiger partial charge in [0.1, 0.15) is 0 Å². The van der Waals surface area contributed by atoms with Crippen LogP contribution in [0.4, 0.5) is 4.39 Å². The summed E-state index contributed by atoms with van der Waals surface area (Å²) < 4.78 is 25.8. The number of carbonyl (C=O) groups excluding carboxylic acids is 1. The smallest absolute Gasteiger partial charge is 0.260 e. The minimum absolute atomic E-state index is 0.135. The second-order valence-electron chi connectivity index (χ2n) is 7.69. The molecule has 1 amide bonds. The van der Waals surface area contributed by atoms with Crippen LogP contribution < -0.4 is 0 Å². The van der Waals surface area contributed by atoms with Gasteiger partial charge in [0, 0.05) is 38.7 Å². The fraction of sp³-hybridized carbons (Fsp3) is 0.941. The monoisotopic (exact) mass is 343 g/mol. The zero-order valence-electron chi connectivity index (χ0n) is 13.6. The van der Waals surface area contributed by atoms with Gasteiger partial charge in [0.2, 0.25) is 0 Å². The molecule has 3 heterocycles. The van der Waals surface area contributed by atoms with E-state index in [1.807, 2.05) is 11.8 Å². The van der Waals surface area contributed by atoms with E-state index in [1.54, 1.807) is 4.90 Å². The Labute approximate surface area is 141 Å². The summed E-state index contributed by atoms with van der Waals surface area (Å²) >= 11 is 1.92. The van der Waals surface area contributed by atoms with Crippen LogP contribution in [0, 0.1) is 5.92 Å². The van der Waals surface area contributed by atoms with Crippen LogP contribution in [0.5, 0.6) is 0 Å². The summed E-state index contributed by atoms with van der Waals surface area (Å²) in [6, 6.07) is 0. The Balaban J connectivity index is 1.21. The number of hydrogen-bond acceptors (Lipinski definition) is 4. The molecule has 4 nitrogen and oxygen atoms in total. The van der Waals surface area contributed by atoms with Gasteiger partial charge in [-0.25, -0.2) is 4.39 Å². The van der Waals surface area contributed by atoms with Crippen molar-refractivity contribution >= 4 is 17.7 Å². The van der Waals surface area contributed by atoms with Gasteiger partial charge < -0.3 is 14.4 Å². The summed E-state index contributed by atoms with van der Waals surface area (Å²) in [4.78, 5) is 13.9. The highest BCUT2D eigenvalue weighted by molar-refractivity contribution is 8.01. The van der Waals surface area contributed by atoms with Gasteiger partial charge in [0.25, 0.3) is 5.91 Å². The van der Waals surface area contributed by atoms with Crippen molar-refractivity contribution in [2.24, 2.45) is 5.92 Å². The molecule has 0 unspecified atom stereocenters. The fourth-order valence-corrected chi connectivity index (χ4v) is 5.64. The lowest BCUT2D eigenvalue weighted by molar-refractivity contribution is -0.155. The average Bonchev–Trinajstić information content (AvgIpc) is 2.94. The van der Waals surface area contributed by atoms with Crippen molar-refractivity contribution in [3.63, 3.8) is 0 Å². The normalized spacial score (nSPS) is 32.6. The summed E-state index contributed by atoms with van der Waals surface area (Å²) in [5, 5.41) is 0. The van der Waals surface area contributed by atoms with Crippen molar-refractivity contribution in [2.45, 2.75) is 55.0 Å². The molecule has 4 aliphatic rings. The van der Waals surface area contributed by atoms with Gasteiger partial charge in [-0.15, -0.1) is 11.8 Å². The predicted octanol–water partition coefficient (Wildman–Crippen LogP) is 2.41. The van der Waals surface area contributed by atoms with Gasteiger partial charge in [-0.2, -0.15) is 0 Å². The largest absolute Gasteiger partial charge is 0.381 e. The summed E-state index contributed by atoms with van der Waals surface area (Å²) in [6.45, 7) is 3.97. The minimum atomic E-state index is -1.54. The third kappa shape index (κ3) is 3.14. The molecule has 0 aromatic heterocycles. The van der Waals surface area contributed by atoms with E-state index < -0.39 is 5.67 Å². The minimum Gasteiger partial charge on any atom is -0.381 e. The highest BCUT2D eigenvalue weighted by Crippen LogP contribution is 2.48. The first-order chi connectivity index (χ1) is 11.1. The Kier molecular flexibility index (Phi) is 4.35. The molecule has 1 saturated carbocycles. The standard InChI is InChI=1S/C17H26FNO3S/c18-17(4-1-5-17)15(20)19-11-16(12-19)8-14(10-23-16)22-9-13-2-6-21-7-3-13/h13-14H,1-12H2/t14-/m1/s1. The number of halogens is 1. The molecular weight excluding hydrogens is 317 g/mol. The Hall–Kier alpha value is -0.330. The van der Waals surface area contributed by atoms with E-state index in [4.69, 9.17) is 9.47 Å². The van der Waals surface area contributed by atoms with Crippen molar-refractivity contribution in [1.82, 2.24) is 4.90 Å². The van der Waals surface area contributed by atoms with Gasteiger partial charge in [0.05, 0.1) is 10.9 Å². The number of nitrogens with zero attached hydrogens (tertiary/aromatic N) is 1. The second kappa shape index (κ2) is 6.19. The molecule has 6 heteroatoms. The molecule has 4 rings (SSSR count). The number of hydrogen-bond donors (Lipinski definition) is 0. The Bertz CT molecular complexity index is 459. The van der Waals surface area contributed by atoms with Crippen LogP contribution in [-0.2, 0) is 14.3 Å². The zero-order chi connectivity index (χ0) is 15.9. The number of carbonyl (C=O) groups is 1. The molecule has 23 heavy (non-hydrogen) atoms. The maximum atomic E-state index is 14.2. The van der Waals surface area contributed by atoms with Crippen molar-refractivity contribution < 1.29 is 18.7 Å². The third-order valence-corrected chi connectivity index (χ3v) is 7.43. The van der Waals surface area contributed by atoms with E-state index in [0.29, 0.717) is 38.0 Å². The second-order valence-corrected chi connectivity index (χ2v) is 9.18. The van der Waals surface area contributed by atoms with Gasteiger partial charge in [0.15, 0.2) is 5.67 Å². The number of alkyl halides is 1. The Morgan fingerprint density at radius 3 is 2.70 bits per heavy atom. The maximum absolute atomic E-state index is 14.2. The number of amides is 1. The molecule has 4 fully saturated rings. The molecule has 1 atom stereocenters. The molecule has 3 aliphatic heterocycles. The van der Waals surface area contributed by atoms with E-state index in [-0.39, 0.29) is 10.7 Å². The SMILES string of the molecule is O=C(N1CC2(C[C@@H](OCC3CCOCC3)CS2)C1)C1(F)CCC1. The van der Waals surface area contributed by atoms with Crippen LogP contribution >= 0.6 is 11.8 Å². The van der Waals surface area contributed by atoms with Crippen molar-refractivity contribution in [1.29, 1.82) is 0 Å². The van der Waals surface area contributed by atoms with Gasteiger partial charge >= 0.3 is 0 Å². The summed E-state index contributed by atoms with van der Waals surface area (Å²) in [7, 11) is 0. The third-order valence-electron chi connectivity index (χ3n) is 5.86. The lowest BCUT2D eigenvalue weighted by Crippen LogP contribution is -2.65. The van der Waals surface area contributed by atoms with Gasteiger partial charge in [-0.05, 0) is 44.4 Å². The zero-order valence-corrected chi connectivity index (χ0v) is 14.4. The summed E-state index contributed by atoms with van der Waals surface area (Å²) in [5.41, 5.74) is -1.54. The molecule has 0 aromatic carbocycles. The molecule has 3 saturated heterocycles. The predicted molar refractivity (Wildman–Crippen MR) is 87.4 cm³/mol. The average molecular weight is 343 g/mol. The summed E-state index contributed by atoms with van der Waals surface area (Å²) in [6.07, 6.45) is 5.18. The van der Waals surface area contributed by atoms with Crippen LogP contribution in [0.2, 0.25) is 0 Å². The van der Waals surface area contributed by atoms with Gasteiger partial charge in [-0.1, -0.05) is 0 Å². The van der Waals surface area contributed by atoms with Crippen LogP contribution in [0.25, 0.3) is 0 Å². The molecule has 0 bridgehead atoms. The first-order valence-corrected chi connectivity index (χ1v) is 9.89. The lowest BCUT2D eigenvalue weighted by atomic mass is 9.79. The number of ether oxygens (including phenoxy) is 2. The van der Waals surface area contributed by atoms with E-state index >= 15 is 0 Å². The van der Waals surface area contributed by atoms with E-state index in [9.17, 15) is 9.18 Å². The number of rotatable bonds is 4. The van der Waals surface area contributed by atoms with Crippen LogP contribution in [0.3, 0.4) is 0 Å². The first kappa shape index (κ1) is 16.2. The van der Waals surface area contributed by atoms with Gasteiger partial charge in [-0.3, -0.25) is 4.79 Å². The number of thioether (sulfide) groups is 1. The molecule has 0 radical (unpaired) electrons. The molecular formula is C17H26FNO3S. The van der Waals surface area contributed by atoms with Crippen molar-refractivity contribution in [2.75, 3.05) is 38.7 Å². The van der Waals surface area contributed by atoms with E-state index in [1.165, 1.54) is 0 Å².